The van der Waals surface area contributed by atoms with E-state index in [1.807, 2.05) is 6.92 Å². The van der Waals surface area contributed by atoms with E-state index in [2.05, 4.69) is 20.5 Å². The lowest BCUT2D eigenvalue weighted by Crippen LogP contribution is -2.25. The van der Waals surface area contributed by atoms with Crippen molar-refractivity contribution in [2.75, 3.05) is 6.54 Å². The first-order chi connectivity index (χ1) is 9.15. The van der Waals surface area contributed by atoms with Crippen LogP contribution in [0.2, 0.25) is 0 Å². The van der Waals surface area contributed by atoms with Crippen LogP contribution >= 0.6 is 0 Å². The van der Waals surface area contributed by atoms with E-state index in [9.17, 15) is 13.2 Å². The highest BCUT2D eigenvalue weighted by atomic mass is 19.2. The van der Waals surface area contributed by atoms with Gasteiger partial charge in [0.2, 0.25) is 0 Å². The van der Waals surface area contributed by atoms with Gasteiger partial charge >= 0.3 is 0 Å². The number of H-pyrrole nitrogens is 1. The van der Waals surface area contributed by atoms with Gasteiger partial charge in [-0.25, -0.2) is 18.2 Å². The molecule has 0 aliphatic rings. The smallest absolute Gasteiger partial charge is 0.194 e. The van der Waals surface area contributed by atoms with Crippen molar-refractivity contribution in [3.63, 3.8) is 0 Å². The predicted octanol–water partition coefficient (Wildman–Crippen LogP) is 2.31. The van der Waals surface area contributed by atoms with Gasteiger partial charge in [-0.15, -0.1) is 0 Å². The SMILES string of the molecule is CCCNC(c1ncn[nH]1)c1ccc(F)c(F)c1F. The third kappa shape index (κ3) is 2.76. The zero-order valence-electron chi connectivity index (χ0n) is 10.3. The standard InChI is InChI=1S/C12H13F3N4/c1-2-5-16-11(12-17-6-18-19-12)7-3-4-8(13)10(15)9(7)14/h3-4,6,11,16H,2,5H2,1H3,(H,17,18,19). The number of hydrogen-bond acceptors (Lipinski definition) is 3. The van der Waals surface area contributed by atoms with Crippen molar-refractivity contribution in [2.24, 2.45) is 0 Å². The molecule has 0 saturated carbocycles. The quantitative estimate of drug-likeness (QED) is 0.820. The Morgan fingerprint density at radius 2 is 2.05 bits per heavy atom. The fraction of sp³-hybridized carbons (Fsp3) is 0.333. The van der Waals surface area contributed by atoms with Crippen LogP contribution in [0.25, 0.3) is 0 Å². The number of halogens is 3. The molecule has 2 rings (SSSR count). The molecule has 19 heavy (non-hydrogen) atoms. The number of rotatable bonds is 5. The lowest BCUT2D eigenvalue weighted by atomic mass is 10.0. The number of benzene rings is 1. The van der Waals surface area contributed by atoms with E-state index in [4.69, 9.17) is 0 Å². The zero-order chi connectivity index (χ0) is 13.8. The maximum absolute atomic E-state index is 13.8. The van der Waals surface area contributed by atoms with Crippen molar-refractivity contribution in [1.82, 2.24) is 20.5 Å². The fourth-order valence-electron chi connectivity index (χ4n) is 1.76. The molecule has 1 unspecified atom stereocenters. The number of nitrogens with one attached hydrogen (secondary N) is 2. The van der Waals surface area contributed by atoms with E-state index >= 15 is 0 Å². The summed E-state index contributed by atoms with van der Waals surface area (Å²) < 4.78 is 40.1. The number of aromatic nitrogens is 3. The van der Waals surface area contributed by atoms with Crippen LogP contribution in [0.3, 0.4) is 0 Å². The first-order valence-electron chi connectivity index (χ1n) is 5.87. The number of nitrogens with zero attached hydrogens (tertiary/aromatic N) is 2. The molecule has 0 amide bonds. The van der Waals surface area contributed by atoms with Crippen LogP contribution in [0.5, 0.6) is 0 Å². The fourth-order valence-corrected chi connectivity index (χ4v) is 1.76. The maximum atomic E-state index is 13.8. The van der Waals surface area contributed by atoms with Gasteiger partial charge in [0.1, 0.15) is 12.2 Å². The Balaban J connectivity index is 2.41. The normalized spacial score (nSPS) is 12.6. The van der Waals surface area contributed by atoms with E-state index in [-0.39, 0.29) is 5.56 Å². The molecule has 1 aromatic carbocycles. The Bertz CT molecular complexity index is 542. The zero-order valence-corrected chi connectivity index (χ0v) is 10.3. The van der Waals surface area contributed by atoms with Crippen molar-refractivity contribution < 1.29 is 13.2 Å². The highest BCUT2D eigenvalue weighted by Gasteiger charge is 2.23. The van der Waals surface area contributed by atoms with Crippen LogP contribution in [-0.4, -0.2) is 21.7 Å². The van der Waals surface area contributed by atoms with Crippen LogP contribution in [0.15, 0.2) is 18.5 Å². The van der Waals surface area contributed by atoms with Crippen molar-refractivity contribution in [3.05, 3.63) is 47.3 Å². The molecule has 102 valence electrons. The van der Waals surface area contributed by atoms with Gasteiger partial charge in [0.15, 0.2) is 17.5 Å². The molecule has 1 heterocycles. The van der Waals surface area contributed by atoms with Crippen LogP contribution in [0.1, 0.15) is 30.8 Å². The second-order valence-electron chi connectivity index (χ2n) is 4.02. The average Bonchev–Trinajstić information content (AvgIpc) is 2.92. The minimum absolute atomic E-state index is 0.0101. The van der Waals surface area contributed by atoms with Gasteiger partial charge in [-0.2, -0.15) is 5.10 Å². The molecular weight excluding hydrogens is 257 g/mol. The van der Waals surface area contributed by atoms with Gasteiger partial charge in [-0.05, 0) is 19.0 Å². The molecule has 0 radical (unpaired) electrons. The van der Waals surface area contributed by atoms with Crippen molar-refractivity contribution in [2.45, 2.75) is 19.4 Å². The van der Waals surface area contributed by atoms with Crippen LogP contribution in [0, 0.1) is 17.5 Å². The molecular formula is C12H13F3N4. The maximum Gasteiger partial charge on any atom is 0.194 e. The third-order valence-electron chi connectivity index (χ3n) is 2.68. The van der Waals surface area contributed by atoms with Crippen LogP contribution in [0.4, 0.5) is 13.2 Å². The van der Waals surface area contributed by atoms with Gasteiger partial charge in [-0.1, -0.05) is 13.0 Å². The number of hydrogen-bond donors (Lipinski definition) is 2. The molecule has 2 N–H and O–H groups in total. The van der Waals surface area contributed by atoms with E-state index in [0.717, 1.165) is 12.5 Å². The highest BCUT2D eigenvalue weighted by molar-refractivity contribution is 5.27. The topological polar surface area (TPSA) is 53.6 Å². The Kier molecular flexibility index (Phi) is 4.16. The highest BCUT2D eigenvalue weighted by Crippen LogP contribution is 2.24. The number of aromatic amines is 1. The van der Waals surface area contributed by atoms with Crippen molar-refractivity contribution >= 4 is 0 Å². The van der Waals surface area contributed by atoms with E-state index < -0.39 is 23.5 Å². The monoisotopic (exact) mass is 270 g/mol. The Labute approximate surface area is 108 Å². The van der Waals surface area contributed by atoms with Crippen molar-refractivity contribution in [1.29, 1.82) is 0 Å². The minimum Gasteiger partial charge on any atom is -0.304 e. The Hall–Kier alpha value is -1.89. The van der Waals surface area contributed by atoms with Gasteiger partial charge in [0, 0.05) is 5.56 Å². The average molecular weight is 270 g/mol. The lowest BCUT2D eigenvalue weighted by Gasteiger charge is -2.17. The first-order valence-corrected chi connectivity index (χ1v) is 5.87. The summed E-state index contributed by atoms with van der Waals surface area (Å²) in [5.41, 5.74) is -0.0101. The second kappa shape index (κ2) is 5.83. The van der Waals surface area contributed by atoms with Gasteiger partial charge in [0.25, 0.3) is 0 Å². The summed E-state index contributed by atoms with van der Waals surface area (Å²) in [6.07, 6.45) is 2.07. The molecule has 2 aromatic rings. The summed E-state index contributed by atoms with van der Waals surface area (Å²) in [4.78, 5) is 3.93. The molecule has 0 saturated heterocycles. The lowest BCUT2D eigenvalue weighted by molar-refractivity contribution is 0.430. The molecule has 7 heteroatoms. The molecule has 0 bridgehead atoms. The van der Waals surface area contributed by atoms with Gasteiger partial charge in [0.05, 0.1) is 6.04 Å². The van der Waals surface area contributed by atoms with E-state index in [1.54, 1.807) is 0 Å². The first kappa shape index (κ1) is 13.5. The third-order valence-corrected chi connectivity index (χ3v) is 2.68. The molecule has 0 spiro atoms. The van der Waals surface area contributed by atoms with Crippen LogP contribution < -0.4 is 5.32 Å². The summed E-state index contributed by atoms with van der Waals surface area (Å²) in [5.74, 6) is -3.57. The molecule has 1 aromatic heterocycles. The Morgan fingerprint density at radius 1 is 1.26 bits per heavy atom. The second-order valence-corrected chi connectivity index (χ2v) is 4.02. The van der Waals surface area contributed by atoms with E-state index in [1.165, 1.54) is 12.4 Å². The molecule has 4 nitrogen and oxygen atoms in total. The molecule has 0 aliphatic heterocycles. The van der Waals surface area contributed by atoms with E-state index in [0.29, 0.717) is 12.4 Å². The van der Waals surface area contributed by atoms with Gasteiger partial charge in [-0.3, -0.25) is 5.10 Å². The summed E-state index contributed by atoms with van der Waals surface area (Å²) in [6.45, 7) is 2.51. The summed E-state index contributed by atoms with van der Waals surface area (Å²) >= 11 is 0. The summed E-state index contributed by atoms with van der Waals surface area (Å²) in [5, 5.41) is 9.29. The molecule has 1 atom stereocenters. The van der Waals surface area contributed by atoms with Gasteiger partial charge < -0.3 is 5.32 Å². The predicted molar refractivity (Wildman–Crippen MR) is 62.8 cm³/mol. The Morgan fingerprint density at radius 3 is 2.68 bits per heavy atom. The molecule has 0 fully saturated rings. The summed E-state index contributed by atoms with van der Waals surface area (Å²) in [6, 6.07) is 1.39. The largest absolute Gasteiger partial charge is 0.304 e. The minimum atomic E-state index is -1.49. The van der Waals surface area contributed by atoms with Crippen LogP contribution in [-0.2, 0) is 0 Å². The van der Waals surface area contributed by atoms with Crippen molar-refractivity contribution in [3.8, 4) is 0 Å². The molecule has 0 aliphatic carbocycles. The summed E-state index contributed by atoms with van der Waals surface area (Å²) in [7, 11) is 0.